The third-order valence-corrected chi connectivity index (χ3v) is 6.99. The van der Waals surface area contributed by atoms with E-state index in [1.54, 1.807) is 24.3 Å². The molecule has 1 N–H and O–H groups in total. The number of hydrogen-bond donors (Lipinski definition) is 1. The molecule has 0 spiro atoms. The smallest absolute Gasteiger partial charge is 0.243 e. The van der Waals surface area contributed by atoms with Gasteiger partial charge in [-0.15, -0.1) is 0 Å². The average Bonchev–Trinajstić information content (AvgIpc) is 2.75. The second-order valence-electron chi connectivity index (χ2n) is 7.34. The lowest BCUT2D eigenvalue weighted by Crippen LogP contribution is -2.37. The highest BCUT2D eigenvalue weighted by atomic mass is 35.5. The van der Waals surface area contributed by atoms with E-state index in [1.165, 1.54) is 31.2 Å². The van der Waals surface area contributed by atoms with Gasteiger partial charge in [0.15, 0.2) is 5.78 Å². The number of Topliss-reactive ketones (excluding diaryl/α,β-unsaturated/α-hetero) is 1. The van der Waals surface area contributed by atoms with Gasteiger partial charge in [0.25, 0.3) is 0 Å². The van der Waals surface area contributed by atoms with Crippen molar-refractivity contribution in [1.29, 1.82) is 0 Å². The van der Waals surface area contributed by atoms with Crippen molar-refractivity contribution in [1.82, 2.24) is 4.31 Å². The summed E-state index contributed by atoms with van der Waals surface area (Å²) in [5.74, 6) is -0.649. The van der Waals surface area contributed by atoms with Gasteiger partial charge in [-0.1, -0.05) is 48.0 Å². The highest BCUT2D eigenvalue weighted by Crippen LogP contribution is 2.22. The standard InChI is InChI=1S/C24H23ClN2O4S/c1-17-6-3-4-7-20(17)15-27(32(30,31)23-12-10-21(25)11-13-23)16-24(29)26-22-9-5-8-19(14-22)18(2)28/h3-14H,15-16H2,1-2H3,(H,26,29). The van der Waals surface area contributed by atoms with Crippen LogP contribution in [0.3, 0.4) is 0 Å². The van der Waals surface area contributed by atoms with Crippen molar-refractivity contribution in [2.24, 2.45) is 0 Å². The molecule has 0 aromatic heterocycles. The van der Waals surface area contributed by atoms with E-state index < -0.39 is 22.5 Å². The molecule has 0 saturated carbocycles. The number of benzene rings is 3. The van der Waals surface area contributed by atoms with Crippen LogP contribution in [0.15, 0.2) is 77.7 Å². The Morgan fingerprint density at radius 3 is 2.31 bits per heavy atom. The highest BCUT2D eigenvalue weighted by Gasteiger charge is 2.27. The summed E-state index contributed by atoms with van der Waals surface area (Å²) in [4.78, 5) is 24.4. The first-order chi connectivity index (χ1) is 15.2. The highest BCUT2D eigenvalue weighted by molar-refractivity contribution is 7.89. The number of rotatable bonds is 8. The third kappa shape index (κ3) is 5.82. The minimum atomic E-state index is -3.98. The molecule has 0 radical (unpaired) electrons. The maximum absolute atomic E-state index is 13.3. The van der Waals surface area contributed by atoms with Crippen molar-refractivity contribution in [3.05, 3.63) is 94.5 Å². The van der Waals surface area contributed by atoms with Gasteiger partial charge in [0.1, 0.15) is 0 Å². The predicted molar refractivity (Wildman–Crippen MR) is 125 cm³/mol. The van der Waals surface area contributed by atoms with Gasteiger partial charge in [0, 0.05) is 22.8 Å². The van der Waals surface area contributed by atoms with Gasteiger partial charge in [0.2, 0.25) is 15.9 Å². The van der Waals surface area contributed by atoms with E-state index in [9.17, 15) is 18.0 Å². The molecule has 0 bridgehead atoms. The van der Waals surface area contributed by atoms with Crippen LogP contribution in [0.4, 0.5) is 5.69 Å². The summed E-state index contributed by atoms with van der Waals surface area (Å²) in [5.41, 5.74) is 2.57. The number of sulfonamides is 1. The zero-order valence-electron chi connectivity index (χ0n) is 17.7. The molecule has 32 heavy (non-hydrogen) atoms. The van der Waals surface area contributed by atoms with E-state index in [4.69, 9.17) is 11.6 Å². The number of anilines is 1. The maximum Gasteiger partial charge on any atom is 0.243 e. The second-order valence-corrected chi connectivity index (χ2v) is 9.71. The van der Waals surface area contributed by atoms with Crippen molar-refractivity contribution < 1.29 is 18.0 Å². The van der Waals surface area contributed by atoms with Gasteiger partial charge in [-0.3, -0.25) is 9.59 Å². The molecule has 6 nitrogen and oxygen atoms in total. The van der Waals surface area contributed by atoms with E-state index in [1.807, 2.05) is 31.2 Å². The minimum Gasteiger partial charge on any atom is -0.325 e. The number of ketones is 1. The number of halogens is 1. The Balaban J connectivity index is 1.89. The van der Waals surface area contributed by atoms with E-state index in [0.29, 0.717) is 16.3 Å². The molecule has 166 valence electrons. The summed E-state index contributed by atoms with van der Waals surface area (Å²) in [6.07, 6.45) is 0. The lowest BCUT2D eigenvalue weighted by atomic mass is 10.1. The maximum atomic E-state index is 13.3. The minimum absolute atomic E-state index is 0.0263. The Hall–Kier alpha value is -3.00. The molecule has 0 saturated heterocycles. The van der Waals surface area contributed by atoms with Crippen LogP contribution in [-0.2, 0) is 21.4 Å². The van der Waals surface area contributed by atoms with Crippen LogP contribution in [-0.4, -0.2) is 31.0 Å². The Bertz CT molecular complexity index is 1240. The fourth-order valence-corrected chi connectivity index (χ4v) is 4.64. The Kier molecular flexibility index (Phi) is 7.45. The zero-order chi connectivity index (χ0) is 23.3. The molecule has 0 atom stereocenters. The SMILES string of the molecule is CC(=O)c1cccc(NC(=O)CN(Cc2ccccc2C)S(=O)(=O)c2ccc(Cl)cc2)c1. The molecule has 0 aliphatic rings. The van der Waals surface area contributed by atoms with Crippen LogP contribution in [0.5, 0.6) is 0 Å². The number of carbonyl (C=O) groups excluding carboxylic acids is 2. The van der Waals surface area contributed by atoms with Gasteiger partial charge in [-0.05, 0) is 61.4 Å². The monoisotopic (exact) mass is 470 g/mol. The average molecular weight is 471 g/mol. The molecule has 3 rings (SSSR count). The van der Waals surface area contributed by atoms with Gasteiger partial charge < -0.3 is 5.32 Å². The van der Waals surface area contributed by atoms with Gasteiger partial charge in [-0.2, -0.15) is 4.31 Å². The number of carbonyl (C=O) groups is 2. The molecule has 0 aliphatic heterocycles. The second kappa shape index (κ2) is 10.1. The van der Waals surface area contributed by atoms with Crippen LogP contribution in [0.25, 0.3) is 0 Å². The summed E-state index contributed by atoms with van der Waals surface area (Å²) in [5, 5.41) is 3.10. The Morgan fingerprint density at radius 1 is 0.969 bits per heavy atom. The number of nitrogens with zero attached hydrogens (tertiary/aromatic N) is 1. The molecule has 0 heterocycles. The Morgan fingerprint density at radius 2 is 1.66 bits per heavy atom. The predicted octanol–water partition coefficient (Wildman–Crippen LogP) is 4.68. The Labute approximate surface area is 192 Å². The van der Waals surface area contributed by atoms with Crippen LogP contribution in [0.2, 0.25) is 5.02 Å². The lowest BCUT2D eigenvalue weighted by molar-refractivity contribution is -0.116. The van der Waals surface area contributed by atoms with E-state index >= 15 is 0 Å². The number of hydrogen-bond acceptors (Lipinski definition) is 4. The molecular formula is C24H23ClN2O4S. The van der Waals surface area contributed by atoms with Crippen LogP contribution < -0.4 is 5.32 Å². The summed E-state index contributed by atoms with van der Waals surface area (Å²) in [7, 11) is -3.98. The quantitative estimate of drug-likeness (QED) is 0.484. The van der Waals surface area contributed by atoms with E-state index in [2.05, 4.69) is 5.32 Å². The van der Waals surface area contributed by atoms with Gasteiger partial charge in [-0.25, -0.2) is 8.42 Å². The van der Waals surface area contributed by atoms with E-state index in [-0.39, 0.29) is 17.2 Å². The fraction of sp³-hybridized carbons (Fsp3) is 0.167. The first kappa shape index (κ1) is 23.7. The van der Waals surface area contributed by atoms with Crippen molar-refractivity contribution in [3.63, 3.8) is 0 Å². The van der Waals surface area contributed by atoms with Crippen LogP contribution >= 0.6 is 11.6 Å². The molecule has 8 heteroatoms. The number of aryl methyl sites for hydroxylation is 1. The summed E-state index contributed by atoms with van der Waals surface area (Å²) in [6, 6.07) is 19.7. The van der Waals surface area contributed by atoms with Gasteiger partial charge >= 0.3 is 0 Å². The molecule has 3 aromatic rings. The third-order valence-electron chi connectivity index (χ3n) is 4.93. The molecule has 0 fully saturated rings. The molecular weight excluding hydrogens is 448 g/mol. The number of nitrogens with one attached hydrogen (secondary N) is 1. The molecule has 3 aromatic carbocycles. The van der Waals surface area contributed by atoms with Crippen LogP contribution in [0.1, 0.15) is 28.4 Å². The van der Waals surface area contributed by atoms with Crippen molar-refractivity contribution in [3.8, 4) is 0 Å². The van der Waals surface area contributed by atoms with Gasteiger partial charge in [0.05, 0.1) is 11.4 Å². The first-order valence-corrected chi connectivity index (χ1v) is 11.7. The largest absolute Gasteiger partial charge is 0.325 e. The van der Waals surface area contributed by atoms with Crippen molar-refractivity contribution in [2.45, 2.75) is 25.3 Å². The normalized spacial score (nSPS) is 11.4. The lowest BCUT2D eigenvalue weighted by Gasteiger charge is -2.23. The molecule has 0 aliphatic carbocycles. The van der Waals surface area contributed by atoms with E-state index in [0.717, 1.165) is 15.4 Å². The molecule has 1 amide bonds. The first-order valence-electron chi connectivity index (χ1n) is 9.88. The summed E-state index contributed by atoms with van der Waals surface area (Å²) >= 11 is 5.90. The van der Waals surface area contributed by atoms with Crippen molar-refractivity contribution in [2.75, 3.05) is 11.9 Å². The summed E-state index contributed by atoms with van der Waals surface area (Å²) in [6.45, 7) is 2.95. The van der Waals surface area contributed by atoms with Crippen LogP contribution in [0, 0.1) is 6.92 Å². The summed E-state index contributed by atoms with van der Waals surface area (Å²) < 4.78 is 27.8. The topological polar surface area (TPSA) is 83.6 Å². The number of amides is 1. The molecule has 0 unspecified atom stereocenters. The zero-order valence-corrected chi connectivity index (χ0v) is 19.3. The fourth-order valence-electron chi connectivity index (χ4n) is 3.14. The van der Waals surface area contributed by atoms with Crippen molar-refractivity contribution >= 4 is 39.0 Å².